The van der Waals surface area contributed by atoms with E-state index in [1.807, 2.05) is 25.3 Å². The minimum Gasteiger partial charge on any atom is -0.221 e. The van der Waals surface area contributed by atoms with Crippen LogP contribution in [-0.4, -0.2) is 14.6 Å². The highest BCUT2D eigenvalue weighted by atomic mass is 15.3. The summed E-state index contributed by atoms with van der Waals surface area (Å²) in [5.74, 6) is 0. The number of pyridine rings is 1. The second-order valence-electron chi connectivity index (χ2n) is 2.27. The summed E-state index contributed by atoms with van der Waals surface area (Å²) >= 11 is 0. The molecule has 0 unspecified atom stereocenters. The molecular weight excluding hydrogens is 126 g/mol. The largest absolute Gasteiger partial charge is 0.221 e. The fourth-order valence-electron chi connectivity index (χ4n) is 0.920. The molecule has 2 rings (SSSR count). The van der Waals surface area contributed by atoms with Gasteiger partial charge in [0.25, 0.3) is 0 Å². The van der Waals surface area contributed by atoms with Gasteiger partial charge in [-0.25, -0.2) is 9.50 Å². The van der Waals surface area contributed by atoms with E-state index in [0.29, 0.717) is 0 Å². The second-order valence-corrected chi connectivity index (χ2v) is 2.27. The first-order chi connectivity index (χ1) is 4.86. The third-order valence-electron chi connectivity index (χ3n) is 1.42. The summed E-state index contributed by atoms with van der Waals surface area (Å²) in [4.78, 5) is 4.01. The fourth-order valence-corrected chi connectivity index (χ4v) is 0.920. The van der Waals surface area contributed by atoms with E-state index in [-0.39, 0.29) is 0 Å². The molecule has 0 aliphatic heterocycles. The van der Waals surface area contributed by atoms with Crippen LogP contribution >= 0.6 is 0 Å². The Labute approximate surface area is 58.3 Å². The highest BCUT2D eigenvalue weighted by molar-refractivity contribution is 5.36. The standard InChI is InChI=1S/C7H7N3/c1-6-2-3-7-8-5-9-10(7)4-6/h2-5H,1H3. The van der Waals surface area contributed by atoms with Crippen LogP contribution in [0.5, 0.6) is 0 Å². The summed E-state index contributed by atoms with van der Waals surface area (Å²) in [5, 5.41) is 3.99. The van der Waals surface area contributed by atoms with Crippen molar-refractivity contribution in [1.82, 2.24) is 14.6 Å². The van der Waals surface area contributed by atoms with Crippen molar-refractivity contribution in [2.75, 3.05) is 0 Å². The first-order valence-electron chi connectivity index (χ1n) is 3.12. The van der Waals surface area contributed by atoms with Gasteiger partial charge in [-0.2, -0.15) is 5.10 Å². The molecule has 2 aromatic rings. The Bertz CT molecular complexity index is 350. The summed E-state index contributed by atoms with van der Waals surface area (Å²) < 4.78 is 1.76. The van der Waals surface area contributed by atoms with Crippen LogP contribution in [-0.2, 0) is 0 Å². The van der Waals surface area contributed by atoms with Crippen molar-refractivity contribution in [3.63, 3.8) is 0 Å². The van der Waals surface area contributed by atoms with E-state index in [4.69, 9.17) is 0 Å². The van der Waals surface area contributed by atoms with Crippen LogP contribution in [0, 0.1) is 6.92 Å². The van der Waals surface area contributed by atoms with Crippen LogP contribution in [0.3, 0.4) is 0 Å². The van der Waals surface area contributed by atoms with Gasteiger partial charge < -0.3 is 0 Å². The van der Waals surface area contributed by atoms with Gasteiger partial charge in [-0.1, -0.05) is 6.07 Å². The molecule has 0 fully saturated rings. The third-order valence-corrected chi connectivity index (χ3v) is 1.42. The quantitative estimate of drug-likeness (QED) is 0.537. The van der Waals surface area contributed by atoms with Crippen molar-refractivity contribution in [3.8, 4) is 0 Å². The van der Waals surface area contributed by atoms with Gasteiger partial charge in [-0.05, 0) is 18.6 Å². The van der Waals surface area contributed by atoms with Gasteiger partial charge in [0.1, 0.15) is 6.33 Å². The zero-order chi connectivity index (χ0) is 6.97. The Kier molecular flexibility index (Phi) is 0.974. The second kappa shape index (κ2) is 1.80. The molecule has 3 heteroatoms. The number of aromatic nitrogens is 3. The maximum Gasteiger partial charge on any atom is 0.155 e. The van der Waals surface area contributed by atoms with E-state index in [9.17, 15) is 0 Å². The van der Waals surface area contributed by atoms with Crippen LogP contribution in [0.1, 0.15) is 5.56 Å². The van der Waals surface area contributed by atoms with Gasteiger partial charge in [0, 0.05) is 6.20 Å². The van der Waals surface area contributed by atoms with E-state index in [1.165, 1.54) is 5.56 Å². The zero-order valence-electron chi connectivity index (χ0n) is 5.65. The van der Waals surface area contributed by atoms with Crippen molar-refractivity contribution >= 4 is 5.65 Å². The Morgan fingerprint density at radius 3 is 3.20 bits per heavy atom. The van der Waals surface area contributed by atoms with E-state index in [0.717, 1.165) is 5.65 Å². The molecule has 3 nitrogen and oxygen atoms in total. The normalized spacial score (nSPS) is 10.5. The molecule has 10 heavy (non-hydrogen) atoms. The molecule has 0 bridgehead atoms. The van der Waals surface area contributed by atoms with Crippen LogP contribution in [0.25, 0.3) is 5.65 Å². The lowest BCUT2D eigenvalue weighted by Gasteiger charge is -1.91. The predicted octanol–water partition coefficient (Wildman–Crippen LogP) is 1.04. The first kappa shape index (κ1) is 5.41. The van der Waals surface area contributed by atoms with E-state index >= 15 is 0 Å². The minimum atomic E-state index is 0.894. The molecule has 2 heterocycles. The van der Waals surface area contributed by atoms with Crippen molar-refractivity contribution in [1.29, 1.82) is 0 Å². The number of hydrogen-bond acceptors (Lipinski definition) is 2. The third kappa shape index (κ3) is 0.673. The molecule has 0 saturated heterocycles. The van der Waals surface area contributed by atoms with E-state index in [1.54, 1.807) is 10.8 Å². The molecule has 0 amide bonds. The van der Waals surface area contributed by atoms with Crippen LogP contribution < -0.4 is 0 Å². The Balaban J connectivity index is 2.86. The molecule has 0 atom stereocenters. The van der Waals surface area contributed by atoms with Gasteiger partial charge in [-0.15, -0.1) is 0 Å². The molecular formula is C7H7N3. The summed E-state index contributed by atoms with van der Waals surface area (Å²) in [7, 11) is 0. The smallest absolute Gasteiger partial charge is 0.155 e. The molecule has 0 saturated carbocycles. The Morgan fingerprint density at radius 2 is 2.30 bits per heavy atom. The van der Waals surface area contributed by atoms with Crippen molar-refractivity contribution < 1.29 is 0 Å². The number of rotatable bonds is 0. The lowest BCUT2D eigenvalue weighted by molar-refractivity contribution is 0.952. The Morgan fingerprint density at radius 1 is 1.40 bits per heavy atom. The van der Waals surface area contributed by atoms with Crippen molar-refractivity contribution in [2.45, 2.75) is 6.92 Å². The molecule has 2 aromatic heterocycles. The van der Waals surface area contributed by atoms with Crippen molar-refractivity contribution in [2.24, 2.45) is 0 Å². The van der Waals surface area contributed by atoms with Gasteiger partial charge >= 0.3 is 0 Å². The molecule has 0 aromatic carbocycles. The molecule has 0 aliphatic rings. The van der Waals surface area contributed by atoms with E-state index in [2.05, 4.69) is 10.1 Å². The molecule has 50 valence electrons. The Hall–Kier alpha value is -1.38. The summed E-state index contributed by atoms with van der Waals surface area (Å²) in [6.45, 7) is 2.03. The van der Waals surface area contributed by atoms with Gasteiger partial charge in [0.15, 0.2) is 5.65 Å². The number of nitrogens with zero attached hydrogens (tertiary/aromatic N) is 3. The summed E-state index contributed by atoms with van der Waals surface area (Å²) in [5.41, 5.74) is 2.09. The highest BCUT2D eigenvalue weighted by Gasteiger charge is 1.91. The van der Waals surface area contributed by atoms with Gasteiger partial charge in [0.05, 0.1) is 0 Å². The summed E-state index contributed by atoms with van der Waals surface area (Å²) in [6.07, 6.45) is 3.50. The minimum absolute atomic E-state index is 0.894. The van der Waals surface area contributed by atoms with Gasteiger partial charge in [-0.3, -0.25) is 0 Å². The number of fused-ring (bicyclic) bond motifs is 1. The number of aryl methyl sites for hydroxylation is 1. The monoisotopic (exact) mass is 133 g/mol. The maximum atomic E-state index is 4.01. The molecule has 0 N–H and O–H groups in total. The average Bonchev–Trinajstić information content (AvgIpc) is 2.33. The lowest BCUT2D eigenvalue weighted by atomic mass is 10.3. The highest BCUT2D eigenvalue weighted by Crippen LogP contribution is 1.99. The fraction of sp³-hybridized carbons (Fsp3) is 0.143. The predicted molar refractivity (Wildman–Crippen MR) is 37.7 cm³/mol. The average molecular weight is 133 g/mol. The first-order valence-corrected chi connectivity index (χ1v) is 3.12. The summed E-state index contributed by atoms with van der Waals surface area (Å²) in [6, 6.07) is 3.96. The zero-order valence-corrected chi connectivity index (χ0v) is 5.65. The van der Waals surface area contributed by atoms with Crippen LogP contribution in [0.4, 0.5) is 0 Å². The van der Waals surface area contributed by atoms with Crippen LogP contribution in [0.2, 0.25) is 0 Å². The van der Waals surface area contributed by atoms with E-state index < -0.39 is 0 Å². The number of hydrogen-bond donors (Lipinski definition) is 0. The molecule has 0 spiro atoms. The topological polar surface area (TPSA) is 30.2 Å². The maximum absolute atomic E-state index is 4.01. The molecule has 0 radical (unpaired) electrons. The SMILES string of the molecule is Cc1ccc2ncnn2c1. The lowest BCUT2D eigenvalue weighted by Crippen LogP contribution is -1.86. The van der Waals surface area contributed by atoms with Crippen LogP contribution in [0.15, 0.2) is 24.7 Å². The van der Waals surface area contributed by atoms with Gasteiger partial charge in [0.2, 0.25) is 0 Å². The van der Waals surface area contributed by atoms with Crippen molar-refractivity contribution in [3.05, 3.63) is 30.2 Å². The molecule has 0 aliphatic carbocycles.